The van der Waals surface area contributed by atoms with Crippen LogP contribution in [0.2, 0.25) is 0 Å². The molecule has 118 valence electrons. The Kier molecular flexibility index (Phi) is 5.59. The van der Waals surface area contributed by atoms with Crippen LogP contribution in [0.15, 0.2) is 28.1 Å². The lowest BCUT2D eigenvalue weighted by molar-refractivity contribution is 0.938. The van der Waals surface area contributed by atoms with Gasteiger partial charge in [-0.15, -0.1) is 0 Å². The maximum atomic E-state index is 12.4. The van der Waals surface area contributed by atoms with Crippen molar-refractivity contribution in [2.75, 3.05) is 0 Å². The topological polar surface area (TPSA) is 32.9 Å². The van der Waals surface area contributed by atoms with Gasteiger partial charge in [-0.2, -0.15) is 0 Å². The molecule has 0 bridgehead atoms. The van der Waals surface area contributed by atoms with Crippen LogP contribution < -0.4 is 16.0 Å². The minimum absolute atomic E-state index is 0.190. The molecule has 1 aromatic heterocycles. The van der Waals surface area contributed by atoms with Crippen LogP contribution in [0.1, 0.15) is 57.7 Å². The summed E-state index contributed by atoms with van der Waals surface area (Å²) in [7, 11) is 0. The molecule has 1 N–H and O–H groups in total. The molecule has 0 amide bonds. The summed E-state index contributed by atoms with van der Waals surface area (Å²) in [6.07, 6.45) is 13.7. The van der Waals surface area contributed by atoms with Gasteiger partial charge in [-0.25, -0.2) is 0 Å². The molecule has 22 heavy (non-hydrogen) atoms. The molecule has 0 radical (unpaired) electrons. The van der Waals surface area contributed by atoms with E-state index in [9.17, 15) is 4.79 Å². The van der Waals surface area contributed by atoms with Crippen LogP contribution in [0.25, 0.3) is 12.2 Å². The molecule has 1 heterocycles. The Morgan fingerprint density at radius 1 is 1.18 bits per heavy atom. The van der Waals surface area contributed by atoms with Gasteiger partial charge >= 0.3 is 0 Å². The first kappa shape index (κ1) is 16.5. The first-order valence-corrected chi connectivity index (χ1v) is 8.20. The van der Waals surface area contributed by atoms with E-state index in [0.717, 1.165) is 53.9 Å². The number of allylic oxidation sites excluding steroid dienone is 4. The van der Waals surface area contributed by atoms with Gasteiger partial charge in [0.25, 0.3) is 0 Å². The van der Waals surface area contributed by atoms with Crippen LogP contribution in [0, 0.1) is 6.92 Å². The molecular formula is C20H27NO. The fourth-order valence-electron chi connectivity index (χ4n) is 2.77. The molecule has 1 aliphatic rings. The number of aromatic amines is 1. The minimum Gasteiger partial charge on any atom is -0.358 e. The number of hydrogen-bond acceptors (Lipinski definition) is 1. The maximum absolute atomic E-state index is 12.4. The first-order chi connectivity index (χ1) is 10.5. The van der Waals surface area contributed by atoms with E-state index >= 15 is 0 Å². The van der Waals surface area contributed by atoms with Gasteiger partial charge in [-0.1, -0.05) is 35.5 Å². The molecule has 2 nitrogen and oxygen atoms in total. The zero-order chi connectivity index (χ0) is 16.1. The maximum Gasteiger partial charge on any atom is 0.192 e. The van der Waals surface area contributed by atoms with E-state index in [1.807, 2.05) is 6.92 Å². The molecule has 2 heteroatoms. The summed E-state index contributed by atoms with van der Waals surface area (Å²) in [4.78, 5) is 15.9. The van der Waals surface area contributed by atoms with Crippen molar-refractivity contribution in [3.8, 4) is 0 Å². The lowest BCUT2D eigenvalue weighted by Gasteiger charge is -2.07. The molecule has 0 saturated heterocycles. The highest BCUT2D eigenvalue weighted by molar-refractivity contribution is 5.38. The van der Waals surface area contributed by atoms with E-state index in [-0.39, 0.29) is 5.43 Å². The fraction of sp³-hybridized carbons (Fsp3) is 0.450. The summed E-state index contributed by atoms with van der Waals surface area (Å²) in [5.74, 6) is 0. The van der Waals surface area contributed by atoms with Gasteiger partial charge in [0, 0.05) is 28.2 Å². The Hall–Kier alpha value is -1.83. The number of pyridine rings is 1. The fourth-order valence-corrected chi connectivity index (χ4v) is 2.77. The van der Waals surface area contributed by atoms with Crippen LogP contribution in [0.3, 0.4) is 0 Å². The van der Waals surface area contributed by atoms with E-state index in [1.165, 1.54) is 11.1 Å². The number of aromatic nitrogens is 1. The standard InChI is InChI=1S/C20H27NO/c1-14(2)8-7-9-15(3)12-13-18-16(4)20(22)17-10-5-6-11-19(17)21-18/h8,10-12,21H,5-7,9,13H2,1-4H3/b15-12+. The van der Waals surface area contributed by atoms with Gasteiger partial charge in [-0.3, -0.25) is 4.79 Å². The highest BCUT2D eigenvalue weighted by atomic mass is 16.1. The van der Waals surface area contributed by atoms with Gasteiger partial charge < -0.3 is 4.98 Å². The van der Waals surface area contributed by atoms with E-state index in [2.05, 4.69) is 50.1 Å². The summed E-state index contributed by atoms with van der Waals surface area (Å²) in [6, 6.07) is 0. The van der Waals surface area contributed by atoms with Gasteiger partial charge in [0.1, 0.15) is 0 Å². The van der Waals surface area contributed by atoms with Crippen molar-refractivity contribution in [3.05, 3.63) is 55.3 Å². The third-order valence-corrected chi connectivity index (χ3v) is 4.22. The predicted molar refractivity (Wildman–Crippen MR) is 95.3 cm³/mol. The summed E-state index contributed by atoms with van der Waals surface area (Å²) in [5.41, 5.74) is 4.85. The SMILES string of the molecule is CC(C)=CCC/C(C)=C/Cc1[nH]c2c(c(=O)c1C)=CCCC=2. The van der Waals surface area contributed by atoms with Crippen molar-refractivity contribution in [2.24, 2.45) is 0 Å². The average molecular weight is 297 g/mol. The largest absolute Gasteiger partial charge is 0.358 e. The summed E-state index contributed by atoms with van der Waals surface area (Å²) >= 11 is 0. The second kappa shape index (κ2) is 7.44. The van der Waals surface area contributed by atoms with Crippen molar-refractivity contribution in [3.63, 3.8) is 0 Å². The molecule has 1 aromatic rings. The van der Waals surface area contributed by atoms with Crippen LogP contribution in [0.5, 0.6) is 0 Å². The number of fused-ring (bicyclic) bond motifs is 1. The summed E-state index contributed by atoms with van der Waals surface area (Å²) in [5, 5.41) is 1.87. The molecule has 0 saturated carbocycles. The van der Waals surface area contributed by atoms with Crippen molar-refractivity contribution in [1.82, 2.24) is 4.98 Å². The Balaban J connectivity index is 2.19. The summed E-state index contributed by atoms with van der Waals surface area (Å²) < 4.78 is 0. The van der Waals surface area contributed by atoms with Crippen LogP contribution in [0.4, 0.5) is 0 Å². The van der Waals surface area contributed by atoms with E-state index in [1.54, 1.807) is 0 Å². The zero-order valence-corrected chi connectivity index (χ0v) is 14.3. The van der Waals surface area contributed by atoms with Crippen molar-refractivity contribution < 1.29 is 0 Å². The van der Waals surface area contributed by atoms with Crippen LogP contribution in [-0.4, -0.2) is 4.98 Å². The molecule has 0 aromatic carbocycles. The Morgan fingerprint density at radius 3 is 2.64 bits per heavy atom. The van der Waals surface area contributed by atoms with E-state index in [4.69, 9.17) is 0 Å². The van der Waals surface area contributed by atoms with Crippen LogP contribution >= 0.6 is 0 Å². The molecule has 0 aliphatic heterocycles. The number of rotatable bonds is 5. The van der Waals surface area contributed by atoms with Gasteiger partial charge in [0.2, 0.25) is 0 Å². The van der Waals surface area contributed by atoms with Gasteiger partial charge in [-0.05, 0) is 53.4 Å². The van der Waals surface area contributed by atoms with Crippen molar-refractivity contribution in [2.45, 2.75) is 59.8 Å². The molecule has 0 spiro atoms. The zero-order valence-electron chi connectivity index (χ0n) is 14.3. The number of H-pyrrole nitrogens is 1. The summed E-state index contributed by atoms with van der Waals surface area (Å²) in [6.45, 7) is 8.37. The molecular weight excluding hydrogens is 270 g/mol. The third kappa shape index (κ3) is 4.09. The van der Waals surface area contributed by atoms with Gasteiger partial charge in [0.15, 0.2) is 5.43 Å². The molecule has 0 atom stereocenters. The minimum atomic E-state index is 0.190. The third-order valence-electron chi connectivity index (χ3n) is 4.22. The molecule has 0 fully saturated rings. The lowest BCUT2D eigenvalue weighted by Crippen LogP contribution is -2.44. The lowest BCUT2D eigenvalue weighted by atomic mass is 10.0. The van der Waals surface area contributed by atoms with E-state index < -0.39 is 0 Å². The molecule has 0 unspecified atom stereocenters. The quantitative estimate of drug-likeness (QED) is 0.831. The Bertz CT molecular complexity index is 771. The number of hydrogen-bond donors (Lipinski definition) is 1. The van der Waals surface area contributed by atoms with Crippen molar-refractivity contribution in [1.29, 1.82) is 0 Å². The van der Waals surface area contributed by atoms with Crippen molar-refractivity contribution >= 4 is 12.2 Å². The second-order valence-corrected chi connectivity index (χ2v) is 6.45. The first-order valence-electron chi connectivity index (χ1n) is 8.20. The average Bonchev–Trinajstić information content (AvgIpc) is 2.49. The molecule has 2 rings (SSSR count). The Morgan fingerprint density at radius 2 is 1.91 bits per heavy atom. The van der Waals surface area contributed by atoms with Gasteiger partial charge in [0.05, 0.1) is 0 Å². The normalized spacial score (nSPS) is 13.9. The highest BCUT2D eigenvalue weighted by Gasteiger charge is 2.06. The molecule has 1 aliphatic carbocycles. The number of nitrogens with one attached hydrogen (secondary N) is 1. The monoisotopic (exact) mass is 297 g/mol. The second-order valence-electron chi connectivity index (χ2n) is 6.45. The van der Waals surface area contributed by atoms with E-state index in [0.29, 0.717) is 0 Å². The smallest absolute Gasteiger partial charge is 0.192 e. The van der Waals surface area contributed by atoms with Crippen LogP contribution in [-0.2, 0) is 6.42 Å². The predicted octanol–water partition coefficient (Wildman–Crippen LogP) is 3.27. The Labute approximate surface area is 133 Å². The highest BCUT2D eigenvalue weighted by Crippen LogP contribution is 2.09.